The van der Waals surface area contributed by atoms with E-state index in [2.05, 4.69) is 5.32 Å². The molecule has 1 aromatic carbocycles. The predicted molar refractivity (Wildman–Crippen MR) is 84.4 cm³/mol. The number of rotatable bonds is 7. The zero-order chi connectivity index (χ0) is 15.9. The number of hydrogen-bond acceptors (Lipinski definition) is 4. The molecule has 2 rings (SSSR count). The van der Waals surface area contributed by atoms with E-state index < -0.39 is 5.97 Å². The van der Waals surface area contributed by atoms with Gasteiger partial charge in [0, 0.05) is 11.3 Å². The van der Waals surface area contributed by atoms with Crippen LogP contribution >= 0.6 is 11.3 Å². The van der Waals surface area contributed by atoms with Crippen LogP contribution < -0.4 is 10.1 Å². The van der Waals surface area contributed by atoms with Gasteiger partial charge in [0.25, 0.3) is 0 Å². The summed E-state index contributed by atoms with van der Waals surface area (Å²) in [6, 6.07) is 10.9. The van der Waals surface area contributed by atoms with Gasteiger partial charge in [-0.15, -0.1) is 11.3 Å². The summed E-state index contributed by atoms with van der Waals surface area (Å²) in [5.41, 5.74) is 0.990. The Morgan fingerprint density at radius 2 is 2.00 bits per heavy atom. The van der Waals surface area contributed by atoms with E-state index in [4.69, 9.17) is 9.84 Å². The lowest BCUT2D eigenvalue weighted by atomic mass is 10.1. The lowest BCUT2D eigenvalue weighted by Gasteiger charge is -2.08. The first kappa shape index (κ1) is 16.0. The molecule has 22 heavy (non-hydrogen) atoms. The van der Waals surface area contributed by atoms with Crippen LogP contribution in [0.15, 0.2) is 36.4 Å². The topological polar surface area (TPSA) is 75.6 Å². The normalized spacial score (nSPS) is 10.2. The van der Waals surface area contributed by atoms with Gasteiger partial charge in [0.2, 0.25) is 5.91 Å². The average molecular weight is 319 g/mol. The van der Waals surface area contributed by atoms with Crippen molar-refractivity contribution in [1.29, 1.82) is 0 Å². The van der Waals surface area contributed by atoms with Gasteiger partial charge in [-0.05, 0) is 30.2 Å². The van der Waals surface area contributed by atoms with Gasteiger partial charge >= 0.3 is 5.97 Å². The average Bonchev–Trinajstić information content (AvgIpc) is 3.00. The van der Waals surface area contributed by atoms with Crippen molar-refractivity contribution in [3.8, 4) is 5.75 Å². The quantitative estimate of drug-likeness (QED) is 0.823. The Labute approximate surface area is 132 Å². The van der Waals surface area contributed by atoms with Crippen LogP contribution in [0.1, 0.15) is 26.5 Å². The van der Waals surface area contributed by atoms with Gasteiger partial charge in [-0.3, -0.25) is 4.79 Å². The molecule has 0 aliphatic heterocycles. The summed E-state index contributed by atoms with van der Waals surface area (Å²) < 4.78 is 5.25. The van der Waals surface area contributed by atoms with Crippen molar-refractivity contribution in [2.24, 2.45) is 0 Å². The van der Waals surface area contributed by atoms with Crippen LogP contribution in [0.5, 0.6) is 5.75 Å². The summed E-state index contributed by atoms with van der Waals surface area (Å²) in [6.07, 6.45) is 0.957. The number of carboxylic acids is 1. The lowest BCUT2D eigenvalue weighted by Crippen LogP contribution is -2.22. The van der Waals surface area contributed by atoms with E-state index in [9.17, 15) is 9.59 Å². The highest BCUT2D eigenvalue weighted by atomic mass is 32.1. The maximum Gasteiger partial charge on any atom is 0.345 e. The standard InChI is InChI=1S/C16H17NO4S/c1-21-13-5-3-2-4-11(13)6-9-15(18)17-10-12-7-8-14(22-12)16(19)20/h2-5,7-8H,6,9-10H2,1H3,(H,17,18)(H,19,20). The molecule has 0 fully saturated rings. The molecule has 1 aromatic heterocycles. The first-order chi connectivity index (χ1) is 10.6. The highest BCUT2D eigenvalue weighted by molar-refractivity contribution is 7.13. The smallest absolute Gasteiger partial charge is 0.345 e. The van der Waals surface area contributed by atoms with Crippen molar-refractivity contribution in [1.82, 2.24) is 5.32 Å². The summed E-state index contributed by atoms with van der Waals surface area (Å²) in [6.45, 7) is 0.350. The molecule has 0 spiro atoms. The summed E-state index contributed by atoms with van der Waals surface area (Å²) in [5, 5.41) is 11.6. The van der Waals surface area contributed by atoms with Crippen LogP contribution in [-0.4, -0.2) is 24.1 Å². The van der Waals surface area contributed by atoms with Crippen molar-refractivity contribution in [3.63, 3.8) is 0 Å². The zero-order valence-electron chi connectivity index (χ0n) is 12.2. The second-order valence-corrected chi connectivity index (χ2v) is 5.83. The number of carbonyl (C=O) groups is 2. The van der Waals surface area contributed by atoms with Crippen molar-refractivity contribution >= 4 is 23.2 Å². The fourth-order valence-electron chi connectivity index (χ4n) is 2.02. The molecule has 0 saturated heterocycles. The Morgan fingerprint density at radius 3 is 2.68 bits per heavy atom. The number of para-hydroxylation sites is 1. The fourth-order valence-corrected chi connectivity index (χ4v) is 2.81. The number of aryl methyl sites for hydroxylation is 1. The minimum absolute atomic E-state index is 0.0730. The molecule has 1 amide bonds. The number of thiophene rings is 1. The Bertz CT molecular complexity index is 666. The Morgan fingerprint density at radius 1 is 1.23 bits per heavy atom. The first-order valence-corrected chi connectivity index (χ1v) is 7.62. The van der Waals surface area contributed by atoms with Gasteiger partial charge in [-0.1, -0.05) is 18.2 Å². The number of amides is 1. The fraction of sp³-hybridized carbons (Fsp3) is 0.250. The minimum Gasteiger partial charge on any atom is -0.496 e. The maximum absolute atomic E-state index is 11.9. The third-order valence-electron chi connectivity index (χ3n) is 3.15. The van der Waals surface area contributed by atoms with Gasteiger partial charge in [0.05, 0.1) is 13.7 Å². The minimum atomic E-state index is -0.946. The Kier molecular flexibility index (Phi) is 5.55. The first-order valence-electron chi connectivity index (χ1n) is 6.80. The van der Waals surface area contributed by atoms with Gasteiger partial charge in [0.15, 0.2) is 0 Å². The summed E-state index contributed by atoms with van der Waals surface area (Å²) in [5.74, 6) is -0.241. The molecule has 0 atom stereocenters. The van der Waals surface area contributed by atoms with Crippen LogP contribution in [0.25, 0.3) is 0 Å². The Hall–Kier alpha value is -2.34. The molecule has 0 bridgehead atoms. The van der Waals surface area contributed by atoms with Gasteiger partial charge < -0.3 is 15.2 Å². The molecule has 0 radical (unpaired) electrons. The van der Waals surface area contributed by atoms with Crippen molar-refractivity contribution in [2.45, 2.75) is 19.4 Å². The van der Waals surface area contributed by atoms with Crippen molar-refractivity contribution < 1.29 is 19.4 Å². The number of benzene rings is 1. The van der Waals surface area contributed by atoms with Crippen LogP contribution in [0.3, 0.4) is 0 Å². The summed E-state index contributed by atoms with van der Waals surface area (Å²) in [4.78, 5) is 23.7. The zero-order valence-corrected chi connectivity index (χ0v) is 13.0. The molecule has 0 aliphatic rings. The molecule has 0 aliphatic carbocycles. The van der Waals surface area contributed by atoms with Gasteiger partial charge in [-0.25, -0.2) is 4.79 Å². The highest BCUT2D eigenvalue weighted by Gasteiger charge is 2.09. The van der Waals surface area contributed by atoms with E-state index in [0.29, 0.717) is 19.4 Å². The molecule has 6 heteroatoms. The number of aromatic carboxylic acids is 1. The molecular formula is C16H17NO4S. The molecule has 1 heterocycles. The van der Waals surface area contributed by atoms with E-state index in [1.165, 1.54) is 11.3 Å². The number of carboxylic acid groups (broad SMARTS) is 1. The highest BCUT2D eigenvalue weighted by Crippen LogP contribution is 2.19. The van der Waals surface area contributed by atoms with E-state index >= 15 is 0 Å². The molecular weight excluding hydrogens is 302 g/mol. The largest absolute Gasteiger partial charge is 0.496 e. The molecule has 0 saturated carbocycles. The Balaban J connectivity index is 1.81. The number of methoxy groups -OCH3 is 1. The van der Waals surface area contributed by atoms with Crippen LogP contribution in [0, 0.1) is 0 Å². The number of carbonyl (C=O) groups excluding carboxylic acids is 1. The second kappa shape index (κ2) is 7.61. The van der Waals surface area contributed by atoms with E-state index in [1.54, 1.807) is 19.2 Å². The van der Waals surface area contributed by atoms with Crippen molar-refractivity contribution in [3.05, 3.63) is 51.7 Å². The molecule has 2 N–H and O–H groups in total. The van der Waals surface area contributed by atoms with Crippen LogP contribution in [-0.2, 0) is 17.8 Å². The third-order valence-corrected chi connectivity index (χ3v) is 4.22. The number of ether oxygens (including phenoxy) is 1. The molecule has 5 nitrogen and oxygen atoms in total. The SMILES string of the molecule is COc1ccccc1CCC(=O)NCc1ccc(C(=O)O)s1. The lowest BCUT2D eigenvalue weighted by molar-refractivity contribution is -0.121. The van der Waals surface area contributed by atoms with Crippen LogP contribution in [0.4, 0.5) is 0 Å². The van der Waals surface area contributed by atoms with Gasteiger partial charge in [-0.2, -0.15) is 0 Å². The molecule has 116 valence electrons. The molecule has 2 aromatic rings. The number of nitrogens with one attached hydrogen (secondary N) is 1. The maximum atomic E-state index is 11.9. The summed E-state index contributed by atoms with van der Waals surface area (Å²) in [7, 11) is 1.61. The monoisotopic (exact) mass is 319 g/mol. The van der Waals surface area contributed by atoms with E-state index in [1.807, 2.05) is 24.3 Å². The van der Waals surface area contributed by atoms with Crippen molar-refractivity contribution in [2.75, 3.05) is 7.11 Å². The van der Waals surface area contributed by atoms with E-state index in [-0.39, 0.29) is 10.8 Å². The second-order valence-electron chi connectivity index (χ2n) is 4.66. The van der Waals surface area contributed by atoms with Crippen LogP contribution in [0.2, 0.25) is 0 Å². The summed E-state index contributed by atoms with van der Waals surface area (Å²) >= 11 is 1.17. The number of hydrogen-bond donors (Lipinski definition) is 2. The third kappa shape index (κ3) is 4.33. The molecule has 0 unspecified atom stereocenters. The van der Waals surface area contributed by atoms with E-state index in [0.717, 1.165) is 16.2 Å². The van der Waals surface area contributed by atoms with Gasteiger partial charge in [0.1, 0.15) is 10.6 Å². The predicted octanol–water partition coefficient (Wildman–Crippen LogP) is 2.70.